The van der Waals surface area contributed by atoms with E-state index in [1.807, 2.05) is 26.0 Å². The smallest absolute Gasteiger partial charge is 0.307 e. The first-order valence-electron chi connectivity index (χ1n) is 4.54. The molecule has 1 aromatic carbocycles. The van der Waals surface area contributed by atoms with Gasteiger partial charge in [0.1, 0.15) is 0 Å². The summed E-state index contributed by atoms with van der Waals surface area (Å²) in [6, 6.07) is 4.00. The van der Waals surface area contributed by atoms with Crippen molar-refractivity contribution in [2.75, 3.05) is 0 Å². The van der Waals surface area contributed by atoms with E-state index in [9.17, 15) is 4.79 Å². The van der Waals surface area contributed by atoms with Crippen molar-refractivity contribution >= 4 is 21.9 Å². The molecular weight excluding hydrogens is 244 g/mol. The number of rotatable bonds is 3. The fourth-order valence-electron chi connectivity index (χ4n) is 1.51. The predicted molar refractivity (Wildman–Crippen MR) is 59.6 cm³/mol. The Balaban J connectivity index is 3.18. The molecule has 0 atom stereocenters. The zero-order valence-corrected chi connectivity index (χ0v) is 9.89. The van der Waals surface area contributed by atoms with Crippen LogP contribution in [0.15, 0.2) is 16.6 Å². The lowest BCUT2D eigenvalue weighted by Crippen LogP contribution is -2.04. The van der Waals surface area contributed by atoms with E-state index in [1.54, 1.807) is 0 Å². The maximum Gasteiger partial charge on any atom is 0.307 e. The minimum atomic E-state index is -0.788. The Morgan fingerprint density at radius 3 is 2.64 bits per heavy atom. The molecule has 0 heterocycles. The van der Waals surface area contributed by atoms with E-state index >= 15 is 0 Å². The lowest BCUT2D eigenvalue weighted by molar-refractivity contribution is -0.136. The topological polar surface area (TPSA) is 37.3 Å². The molecule has 14 heavy (non-hydrogen) atoms. The minimum absolute atomic E-state index is 0.0873. The van der Waals surface area contributed by atoms with E-state index in [0.717, 1.165) is 27.6 Å². The maximum absolute atomic E-state index is 10.7. The Morgan fingerprint density at radius 2 is 2.14 bits per heavy atom. The summed E-state index contributed by atoms with van der Waals surface area (Å²) in [5, 5.41) is 8.76. The molecular formula is C11H13BrO2. The van der Waals surface area contributed by atoms with Gasteiger partial charge in [0, 0.05) is 4.47 Å². The van der Waals surface area contributed by atoms with Crippen LogP contribution in [0.3, 0.4) is 0 Å². The molecule has 0 fully saturated rings. The van der Waals surface area contributed by atoms with Crippen molar-refractivity contribution in [1.82, 2.24) is 0 Å². The molecule has 0 bridgehead atoms. The van der Waals surface area contributed by atoms with Crippen molar-refractivity contribution in [2.45, 2.75) is 26.7 Å². The number of benzene rings is 1. The number of carboxylic acids is 1. The molecule has 0 aliphatic carbocycles. The molecule has 0 amide bonds. The van der Waals surface area contributed by atoms with Crippen LogP contribution in [0.4, 0.5) is 0 Å². The summed E-state index contributed by atoms with van der Waals surface area (Å²) in [6.45, 7) is 4.04. The van der Waals surface area contributed by atoms with Crippen LogP contribution in [0.5, 0.6) is 0 Å². The number of halogens is 1. The Hall–Kier alpha value is -0.830. The summed E-state index contributed by atoms with van der Waals surface area (Å²) < 4.78 is 0.900. The largest absolute Gasteiger partial charge is 0.481 e. The van der Waals surface area contributed by atoms with Crippen LogP contribution in [0, 0.1) is 6.92 Å². The van der Waals surface area contributed by atoms with Gasteiger partial charge in [-0.25, -0.2) is 0 Å². The van der Waals surface area contributed by atoms with E-state index < -0.39 is 5.97 Å². The summed E-state index contributed by atoms with van der Waals surface area (Å²) >= 11 is 3.40. The lowest BCUT2D eigenvalue weighted by atomic mass is 10.00. The van der Waals surface area contributed by atoms with Crippen molar-refractivity contribution in [3.05, 3.63) is 33.3 Å². The van der Waals surface area contributed by atoms with Crippen LogP contribution in [0.25, 0.3) is 0 Å². The molecule has 1 rings (SSSR count). The van der Waals surface area contributed by atoms with Gasteiger partial charge in [0.2, 0.25) is 0 Å². The maximum atomic E-state index is 10.7. The normalized spacial score (nSPS) is 10.2. The van der Waals surface area contributed by atoms with Gasteiger partial charge in [-0.05, 0) is 36.1 Å². The molecule has 3 heteroatoms. The fraction of sp³-hybridized carbons (Fsp3) is 0.364. The zero-order chi connectivity index (χ0) is 10.7. The molecule has 0 aliphatic heterocycles. The van der Waals surface area contributed by atoms with Gasteiger partial charge >= 0.3 is 5.97 Å². The Morgan fingerprint density at radius 1 is 1.50 bits per heavy atom. The second-order valence-electron chi connectivity index (χ2n) is 3.31. The number of aliphatic carboxylic acids is 1. The van der Waals surface area contributed by atoms with Crippen molar-refractivity contribution in [3.63, 3.8) is 0 Å². The van der Waals surface area contributed by atoms with Crippen LogP contribution in [-0.4, -0.2) is 11.1 Å². The predicted octanol–water partition coefficient (Wildman–Crippen LogP) is 2.95. The summed E-state index contributed by atoms with van der Waals surface area (Å²) in [5.41, 5.74) is 3.16. The molecule has 76 valence electrons. The van der Waals surface area contributed by atoms with Crippen molar-refractivity contribution < 1.29 is 9.90 Å². The average molecular weight is 257 g/mol. The highest BCUT2D eigenvalue weighted by atomic mass is 79.9. The molecule has 1 aromatic rings. The molecule has 2 nitrogen and oxygen atoms in total. The van der Waals surface area contributed by atoms with Gasteiger partial charge in [0.15, 0.2) is 0 Å². The van der Waals surface area contributed by atoms with Gasteiger partial charge in [-0.2, -0.15) is 0 Å². The summed E-state index contributed by atoms with van der Waals surface area (Å²) in [4.78, 5) is 10.7. The van der Waals surface area contributed by atoms with Crippen LogP contribution >= 0.6 is 15.9 Å². The summed E-state index contributed by atoms with van der Waals surface area (Å²) in [7, 11) is 0. The zero-order valence-electron chi connectivity index (χ0n) is 8.30. The first-order valence-corrected chi connectivity index (χ1v) is 5.33. The van der Waals surface area contributed by atoms with Gasteiger partial charge in [-0.1, -0.05) is 28.9 Å². The SMILES string of the molecule is CCc1cc(C)cc(Br)c1CC(=O)O. The van der Waals surface area contributed by atoms with E-state index in [1.165, 1.54) is 0 Å². The average Bonchev–Trinajstić information content (AvgIpc) is 2.08. The molecule has 0 radical (unpaired) electrons. The van der Waals surface area contributed by atoms with Crippen molar-refractivity contribution in [3.8, 4) is 0 Å². The van der Waals surface area contributed by atoms with Gasteiger partial charge in [0.05, 0.1) is 6.42 Å². The standard InChI is InChI=1S/C11H13BrO2/c1-3-8-4-7(2)5-10(12)9(8)6-11(13)14/h4-5H,3,6H2,1-2H3,(H,13,14). The Bertz CT molecular complexity index is 359. The monoisotopic (exact) mass is 256 g/mol. The van der Waals surface area contributed by atoms with Crippen molar-refractivity contribution in [2.24, 2.45) is 0 Å². The second kappa shape index (κ2) is 4.60. The molecule has 0 spiro atoms. The third kappa shape index (κ3) is 2.58. The summed E-state index contributed by atoms with van der Waals surface area (Å²) in [5.74, 6) is -0.788. The Labute approximate surface area is 92.1 Å². The molecule has 0 saturated carbocycles. The highest BCUT2D eigenvalue weighted by Crippen LogP contribution is 2.24. The second-order valence-corrected chi connectivity index (χ2v) is 4.16. The fourth-order valence-corrected chi connectivity index (χ4v) is 2.26. The van der Waals surface area contributed by atoms with E-state index in [4.69, 9.17) is 5.11 Å². The van der Waals surface area contributed by atoms with E-state index in [-0.39, 0.29) is 6.42 Å². The molecule has 0 aliphatic rings. The number of hydrogen-bond acceptors (Lipinski definition) is 1. The third-order valence-corrected chi connectivity index (χ3v) is 2.85. The number of aryl methyl sites for hydroxylation is 2. The number of carbonyl (C=O) groups is 1. The van der Waals surface area contributed by atoms with E-state index in [0.29, 0.717) is 0 Å². The minimum Gasteiger partial charge on any atom is -0.481 e. The van der Waals surface area contributed by atoms with Gasteiger partial charge < -0.3 is 5.11 Å². The third-order valence-electron chi connectivity index (χ3n) is 2.14. The molecule has 1 N–H and O–H groups in total. The van der Waals surface area contributed by atoms with Gasteiger partial charge in [0.25, 0.3) is 0 Å². The van der Waals surface area contributed by atoms with Crippen LogP contribution in [-0.2, 0) is 17.6 Å². The Kier molecular flexibility index (Phi) is 3.69. The van der Waals surface area contributed by atoms with Crippen molar-refractivity contribution in [1.29, 1.82) is 0 Å². The molecule has 0 aromatic heterocycles. The first kappa shape index (κ1) is 11.2. The van der Waals surface area contributed by atoms with Crippen LogP contribution in [0.1, 0.15) is 23.6 Å². The van der Waals surface area contributed by atoms with Crippen LogP contribution in [0.2, 0.25) is 0 Å². The van der Waals surface area contributed by atoms with Gasteiger partial charge in [-0.3, -0.25) is 4.79 Å². The highest BCUT2D eigenvalue weighted by Gasteiger charge is 2.10. The first-order chi connectivity index (χ1) is 6.54. The van der Waals surface area contributed by atoms with E-state index in [2.05, 4.69) is 15.9 Å². The summed E-state index contributed by atoms with van der Waals surface area (Å²) in [6.07, 6.45) is 0.951. The van der Waals surface area contributed by atoms with Crippen LogP contribution < -0.4 is 0 Å². The molecule has 0 unspecified atom stereocenters. The highest BCUT2D eigenvalue weighted by molar-refractivity contribution is 9.10. The van der Waals surface area contributed by atoms with Gasteiger partial charge in [-0.15, -0.1) is 0 Å². The quantitative estimate of drug-likeness (QED) is 0.903. The molecule has 0 saturated heterocycles. The number of carboxylic acid groups (broad SMARTS) is 1. The number of hydrogen-bond donors (Lipinski definition) is 1. The lowest BCUT2D eigenvalue weighted by Gasteiger charge is -2.09.